The van der Waals surface area contributed by atoms with E-state index in [1.54, 1.807) is 0 Å². The van der Waals surface area contributed by atoms with Gasteiger partial charge in [0, 0.05) is 0 Å². The Hall–Kier alpha value is -0.0300. The summed E-state index contributed by atoms with van der Waals surface area (Å²) in [4.78, 5) is 0. The highest BCUT2D eigenvalue weighted by atomic mass is 35.5. The van der Waals surface area contributed by atoms with Crippen molar-refractivity contribution in [2.75, 3.05) is 0 Å². The van der Waals surface area contributed by atoms with Crippen molar-refractivity contribution in [1.29, 1.82) is 0 Å². The van der Waals surface area contributed by atoms with Crippen LogP contribution in [-0.4, -0.2) is 5.37 Å². The van der Waals surface area contributed by atoms with Crippen molar-refractivity contribution < 1.29 is 35.7 Å². The van der Waals surface area contributed by atoms with Crippen molar-refractivity contribution in [2.45, 2.75) is 0 Å². The molecule has 40 valence electrons. The third-order valence-electron chi connectivity index (χ3n) is 0. The number of hydrogen-bond donors (Lipinski definition) is 0. The molecule has 0 aliphatic rings. The topological polar surface area (TPSA) is 0 Å². The Morgan fingerprint density at radius 3 is 0.833 bits per heavy atom. The van der Waals surface area contributed by atoms with Gasteiger partial charge in [-0.2, -0.15) is 0 Å². The van der Waals surface area contributed by atoms with E-state index in [0.29, 0.717) is 0 Å². The lowest BCUT2D eigenvalue weighted by Crippen LogP contribution is -3.00. The largest absolute Gasteiger partial charge is 1.00 e. The lowest BCUT2D eigenvalue weighted by Gasteiger charge is -1.71. The Morgan fingerprint density at radius 2 is 0.833 bits per heavy atom. The van der Waals surface area contributed by atoms with E-state index in [2.05, 4.69) is 0 Å². The second kappa shape index (κ2) is 2.20. The van der Waals surface area contributed by atoms with Crippen molar-refractivity contribution in [2.24, 2.45) is 0 Å². The maximum Gasteiger partial charge on any atom is 0.440 e. The lowest BCUT2D eigenvalue weighted by atomic mass is 13.3. The maximum atomic E-state index is 9.62. The van der Waals surface area contributed by atoms with Crippen LogP contribution in [0, 0.1) is 0 Å². The Kier molecular flexibility index (Phi) is 3.43. The van der Waals surface area contributed by atoms with Gasteiger partial charge in [-0.25, -0.2) is 0 Å². The van der Waals surface area contributed by atoms with Crippen LogP contribution in [0.5, 0.6) is 0 Å². The molecule has 0 aromatic carbocycles. The molecular weight excluding hydrogens is 125 g/mol. The SMILES string of the molecule is F[N+](F)(F)F.[Cl-]. The van der Waals surface area contributed by atoms with E-state index >= 15 is 0 Å². The number of hydrogen-bond acceptors (Lipinski definition) is 0. The first-order valence-electron chi connectivity index (χ1n) is 0.676. The zero-order valence-electron chi connectivity index (χ0n) is 2.34. The number of halogens is 5. The van der Waals surface area contributed by atoms with Crippen LogP contribution in [0.15, 0.2) is 0 Å². The summed E-state index contributed by atoms with van der Waals surface area (Å²) >= 11 is 0. The average Bonchev–Trinajstić information content (AvgIpc) is 0.722. The molecule has 0 saturated carbocycles. The molecule has 0 bridgehead atoms. The summed E-state index contributed by atoms with van der Waals surface area (Å²) in [5.41, 5.74) is 0. The second-order valence-corrected chi connectivity index (χ2v) is 0.383. The molecular formula is ClF4N. The normalized spacial score (nSPS) is 10.0. The monoisotopic (exact) mass is 125 g/mol. The minimum absolute atomic E-state index is 0. The molecule has 0 fully saturated rings. The van der Waals surface area contributed by atoms with Crippen molar-refractivity contribution in [3.63, 3.8) is 0 Å². The van der Waals surface area contributed by atoms with Crippen LogP contribution >= 0.6 is 0 Å². The Labute approximate surface area is 36.9 Å². The number of rotatable bonds is 0. The number of quaternary nitrogens is 1. The van der Waals surface area contributed by atoms with Crippen molar-refractivity contribution in [3.8, 4) is 0 Å². The van der Waals surface area contributed by atoms with Gasteiger partial charge in [0.15, 0.2) is 0 Å². The molecule has 0 heterocycles. The molecule has 0 unspecified atom stereocenters. The third kappa shape index (κ3) is 38900. The van der Waals surface area contributed by atoms with Crippen LogP contribution in [0.2, 0.25) is 0 Å². The highest BCUT2D eigenvalue weighted by Crippen LogP contribution is 2.08. The minimum atomic E-state index is -5.00. The molecule has 0 aromatic heterocycles. The van der Waals surface area contributed by atoms with Gasteiger partial charge in [0.05, 0.1) is 0 Å². The summed E-state index contributed by atoms with van der Waals surface area (Å²) in [7, 11) is 0. The minimum Gasteiger partial charge on any atom is -1.00 e. The third-order valence-corrected chi connectivity index (χ3v) is 0. The van der Waals surface area contributed by atoms with E-state index in [9.17, 15) is 17.9 Å². The molecule has 6 heteroatoms. The van der Waals surface area contributed by atoms with Gasteiger partial charge in [0.1, 0.15) is 17.9 Å². The first-order chi connectivity index (χ1) is 2.00. The van der Waals surface area contributed by atoms with Crippen LogP contribution in [-0.2, 0) is 0 Å². The van der Waals surface area contributed by atoms with Crippen LogP contribution in [0.25, 0.3) is 0 Å². The maximum absolute atomic E-state index is 9.62. The van der Waals surface area contributed by atoms with Gasteiger partial charge in [0.25, 0.3) is 0 Å². The molecule has 0 aliphatic carbocycles. The molecule has 0 rings (SSSR count). The van der Waals surface area contributed by atoms with Crippen molar-refractivity contribution >= 4 is 0 Å². The fourth-order valence-corrected chi connectivity index (χ4v) is 0. The first kappa shape index (κ1) is 9.36. The van der Waals surface area contributed by atoms with E-state index in [0.717, 1.165) is 0 Å². The molecule has 0 radical (unpaired) electrons. The fourth-order valence-electron chi connectivity index (χ4n) is 0. The summed E-state index contributed by atoms with van der Waals surface area (Å²) in [5, 5.41) is -5.00. The zero-order chi connectivity index (χ0) is 4.50. The molecule has 6 heavy (non-hydrogen) atoms. The summed E-state index contributed by atoms with van der Waals surface area (Å²) < 4.78 is 38.5. The van der Waals surface area contributed by atoms with Crippen LogP contribution < -0.4 is 12.4 Å². The van der Waals surface area contributed by atoms with E-state index in [4.69, 9.17) is 0 Å². The summed E-state index contributed by atoms with van der Waals surface area (Å²) in [6, 6.07) is 0. The Bertz CT molecular complexity index is 23.0. The highest BCUT2D eigenvalue weighted by Gasteiger charge is 2.30. The average molecular weight is 125 g/mol. The van der Waals surface area contributed by atoms with Gasteiger partial charge in [-0.05, 0) is 0 Å². The molecule has 0 amide bonds. The van der Waals surface area contributed by atoms with E-state index in [1.807, 2.05) is 0 Å². The molecule has 0 atom stereocenters. The predicted octanol–water partition coefficient (Wildman–Crippen LogP) is -1.65. The number of nitrogens with zero attached hydrogens (tertiary/aromatic N) is 1. The lowest BCUT2D eigenvalue weighted by molar-refractivity contribution is -1.36. The Morgan fingerprint density at radius 1 is 0.833 bits per heavy atom. The van der Waals surface area contributed by atoms with Gasteiger partial charge in [-0.3, -0.25) is 0 Å². The van der Waals surface area contributed by atoms with E-state index in [1.165, 1.54) is 0 Å². The van der Waals surface area contributed by atoms with Gasteiger partial charge in [-0.1, -0.05) is 0 Å². The smallest absolute Gasteiger partial charge is 0.440 e. The first-order valence-corrected chi connectivity index (χ1v) is 0.676. The summed E-state index contributed by atoms with van der Waals surface area (Å²) in [5.74, 6) is 0. The van der Waals surface area contributed by atoms with Gasteiger partial charge >= 0.3 is 5.37 Å². The van der Waals surface area contributed by atoms with Crippen LogP contribution in [0.3, 0.4) is 0 Å². The second-order valence-electron chi connectivity index (χ2n) is 0.383. The zero-order valence-corrected chi connectivity index (χ0v) is 3.09. The summed E-state index contributed by atoms with van der Waals surface area (Å²) in [6.45, 7) is 0. The van der Waals surface area contributed by atoms with Crippen LogP contribution in [0.4, 0.5) is 17.9 Å². The van der Waals surface area contributed by atoms with Crippen molar-refractivity contribution in [3.05, 3.63) is 0 Å². The highest BCUT2D eigenvalue weighted by molar-refractivity contribution is 2.73. The predicted molar refractivity (Wildman–Crippen MR) is 4.69 cm³/mol. The molecule has 0 saturated heterocycles. The van der Waals surface area contributed by atoms with Gasteiger partial charge < -0.3 is 12.4 Å². The standard InChI is InChI=1S/ClH.F4N/c;1-5(2,3)4/h1H;/q;+1/p-1. The Balaban J connectivity index is 0. The van der Waals surface area contributed by atoms with E-state index < -0.39 is 5.37 Å². The van der Waals surface area contributed by atoms with Gasteiger partial charge in [-0.15, -0.1) is 0 Å². The molecule has 0 spiro atoms. The van der Waals surface area contributed by atoms with E-state index in [-0.39, 0.29) is 12.4 Å². The quantitative estimate of drug-likeness (QED) is 0.269. The molecule has 0 aromatic rings. The molecule has 0 N–H and O–H groups in total. The van der Waals surface area contributed by atoms with Crippen molar-refractivity contribution in [1.82, 2.24) is 0 Å². The van der Waals surface area contributed by atoms with Crippen LogP contribution in [0.1, 0.15) is 0 Å². The summed E-state index contributed by atoms with van der Waals surface area (Å²) in [6.07, 6.45) is 0. The molecule has 1 nitrogen and oxygen atoms in total. The molecule has 0 aliphatic heterocycles. The van der Waals surface area contributed by atoms with Gasteiger partial charge in [0.2, 0.25) is 0 Å². The fraction of sp³-hybridized carbons (Fsp3) is 0.